The zero-order chi connectivity index (χ0) is 19.6. The molecule has 0 aliphatic rings. The van der Waals surface area contributed by atoms with Crippen molar-refractivity contribution >= 4 is 29.3 Å². The fourth-order valence-corrected chi connectivity index (χ4v) is 2.42. The van der Waals surface area contributed by atoms with Crippen LogP contribution in [0, 0.1) is 0 Å². The highest BCUT2D eigenvalue weighted by molar-refractivity contribution is 7.80. The number of thiocarbonyl (C=S) groups is 1. The smallest absolute Gasteiger partial charge is 0.250 e. The first kappa shape index (κ1) is 20.3. The summed E-state index contributed by atoms with van der Waals surface area (Å²) in [6.45, 7) is 0.502. The molecule has 2 rings (SSSR count). The molecule has 2 aromatic rings. The Morgan fingerprint density at radius 3 is 2.33 bits per heavy atom. The number of hydrogen-bond donors (Lipinski definition) is 2. The molecular weight excluding hydrogens is 364 g/mol. The summed E-state index contributed by atoms with van der Waals surface area (Å²) in [6, 6.07) is 13.0. The molecule has 0 spiro atoms. The van der Waals surface area contributed by atoms with Crippen LogP contribution in [-0.2, 0) is 11.3 Å². The van der Waals surface area contributed by atoms with Crippen LogP contribution >= 0.6 is 12.2 Å². The predicted molar refractivity (Wildman–Crippen MR) is 109 cm³/mol. The van der Waals surface area contributed by atoms with Gasteiger partial charge < -0.3 is 19.5 Å². The van der Waals surface area contributed by atoms with Gasteiger partial charge >= 0.3 is 0 Å². The molecule has 0 aliphatic heterocycles. The van der Waals surface area contributed by atoms with Crippen LogP contribution in [0.4, 0.5) is 0 Å². The molecular formula is C20H22N2O4S. The maximum absolute atomic E-state index is 12.0. The minimum atomic E-state index is -0.322. The minimum Gasteiger partial charge on any atom is -0.497 e. The molecule has 0 saturated heterocycles. The summed E-state index contributed by atoms with van der Waals surface area (Å²) in [5.74, 6) is 1.69. The van der Waals surface area contributed by atoms with Gasteiger partial charge in [-0.1, -0.05) is 18.2 Å². The Kier molecular flexibility index (Phi) is 7.63. The van der Waals surface area contributed by atoms with Gasteiger partial charge in [0, 0.05) is 12.6 Å². The lowest BCUT2D eigenvalue weighted by Crippen LogP contribution is -2.37. The molecule has 6 nitrogen and oxygen atoms in total. The molecule has 0 atom stereocenters. The summed E-state index contributed by atoms with van der Waals surface area (Å²) in [5.41, 5.74) is 1.83. The van der Waals surface area contributed by atoms with E-state index in [-0.39, 0.29) is 11.0 Å². The van der Waals surface area contributed by atoms with E-state index in [4.69, 9.17) is 26.4 Å². The maximum atomic E-state index is 12.0. The van der Waals surface area contributed by atoms with E-state index in [2.05, 4.69) is 10.6 Å². The van der Waals surface area contributed by atoms with Gasteiger partial charge in [0.25, 0.3) is 0 Å². The van der Waals surface area contributed by atoms with Crippen molar-refractivity contribution in [3.8, 4) is 17.2 Å². The lowest BCUT2D eigenvalue weighted by atomic mass is 10.2. The minimum absolute atomic E-state index is 0.257. The van der Waals surface area contributed by atoms with Crippen molar-refractivity contribution in [2.75, 3.05) is 21.3 Å². The highest BCUT2D eigenvalue weighted by Crippen LogP contribution is 2.27. The van der Waals surface area contributed by atoms with E-state index < -0.39 is 0 Å². The number of hydrogen-bond acceptors (Lipinski definition) is 5. The summed E-state index contributed by atoms with van der Waals surface area (Å²) in [4.78, 5) is 12.0. The second-order valence-electron chi connectivity index (χ2n) is 5.47. The third-order valence-corrected chi connectivity index (χ3v) is 3.93. The summed E-state index contributed by atoms with van der Waals surface area (Å²) >= 11 is 5.14. The number of methoxy groups -OCH3 is 3. The van der Waals surface area contributed by atoms with Gasteiger partial charge in [0.2, 0.25) is 5.91 Å². The Labute approximate surface area is 164 Å². The van der Waals surface area contributed by atoms with Crippen molar-refractivity contribution in [2.45, 2.75) is 6.54 Å². The number of amides is 1. The molecule has 0 heterocycles. The zero-order valence-electron chi connectivity index (χ0n) is 15.4. The molecule has 0 aromatic heterocycles. The van der Waals surface area contributed by atoms with E-state index in [0.717, 1.165) is 16.9 Å². The van der Waals surface area contributed by atoms with Crippen LogP contribution in [-0.4, -0.2) is 32.3 Å². The van der Waals surface area contributed by atoms with E-state index in [1.807, 2.05) is 30.3 Å². The summed E-state index contributed by atoms with van der Waals surface area (Å²) in [6.07, 6.45) is 3.08. The topological polar surface area (TPSA) is 68.8 Å². The summed E-state index contributed by atoms with van der Waals surface area (Å²) in [7, 11) is 4.75. The Morgan fingerprint density at radius 2 is 1.70 bits per heavy atom. The first-order valence-electron chi connectivity index (χ1n) is 8.17. The monoisotopic (exact) mass is 386 g/mol. The van der Waals surface area contributed by atoms with E-state index >= 15 is 0 Å². The molecule has 7 heteroatoms. The van der Waals surface area contributed by atoms with Crippen molar-refractivity contribution in [2.24, 2.45) is 0 Å². The molecule has 0 unspecified atom stereocenters. The van der Waals surface area contributed by atoms with Gasteiger partial charge in [0.1, 0.15) is 5.75 Å². The van der Waals surface area contributed by atoms with Crippen molar-refractivity contribution in [1.82, 2.24) is 10.6 Å². The van der Waals surface area contributed by atoms with Crippen molar-refractivity contribution in [1.29, 1.82) is 0 Å². The first-order valence-corrected chi connectivity index (χ1v) is 8.58. The predicted octanol–water partition coefficient (Wildman–Crippen LogP) is 2.92. The average molecular weight is 386 g/mol. The molecule has 0 aliphatic carbocycles. The van der Waals surface area contributed by atoms with Gasteiger partial charge in [0.15, 0.2) is 16.6 Å². The lowest BCUT2D eigenvalue weighted by Gasteiger charge is -2.09. The Morgan fingerprint density at radius 1 is 1.00 bits per heavy atom. The third kappa shape index (κ3) is 6.31. The number of ether oxygens (including phenoxy) is 3. The van der Waals surface area contributed by atoms with Crippen LogP contribution in [0.2, 0.25) is 0 Å². The third-order valence-electron chi connectivity index (χ3n) is 3.68. The lowest BCUT2D eigenvalue weighted by molar-refractivity contribution is -0.115. The van der Waals surface area contributed by atoms with Gasteiger partial charge in [-0.15, -0.1) is 0 Å². The fourth-order valence-electron chi connectivity index (χ4n) is 2.25. The van der Waals surface area contributed by atoms with Crippen molar-refractivity contribution in [3.63, 3.8) is 0 Å². The van der Waals surface area contributed by atoms with Crippen LogP contribution in [0.1, 0.15) is 11.1 Å². The van der Waals surface area contributed by atoms with Crippen LogP contribution in [0.15, 0.2) is 48.5 Å². The van der Waals surface area contributed by atoms with E-state index in [1.54, 1.807) is 39.5 Å². The Hall–Kier alpha value is -3.06. The van der Waals surface area contributed by atoms with E-state index in [1.165, 1.54) is 6.08 Å². The summed E-state index contributed by atoms with van der Waals surface area (Å²) < 4.78 is 15.5. The number of benzene rings is 2. The molecule has 0 radical (unpaired) electrons. The van der Waals surface area contributed by atoms with Crippen LogP contribution < -0.4 is 24.8 Å². The molecule has 0 saturated carbocycles. The van der Waals surface area contributed by atoms with Crippen molar-refractivity contribution in [3.05, 3.63) is 59.7 Å². The van der Waals surface area contributed by atoms with E-state index in [9.17, 15) is 4.79 Å². The Balaban J connectivity index is 1.85. The van der Waals surface area contributed by atoms with Gasteiger partial charge in [-0.2, -0.15) is 0 Å². The van der Waals surface area contributed by atoms with Crippen LogP contribution in [0.3, 0.4) is 0 Å². The first-order chi connectivity index (χ1) is 13.0. The van der Waals surface area contributed by atoms with Gasteiger partial charge in [-0.3, -0.25) is 10.1 Å². The molecule has 0 fully saturated rings. The normalized spacial score (nSPS) is 10.3. The second kappa shape index (κ2) is 10.2. The maximum Gasteiger partial charge on any atom is 0.250 e. The number of nitrogens with one attached hydrogen (secondary N) is 2. The quantitative estimate of drug-likeness (QED) is 0.563. The number of rotatable bonds is 7. The number of carbonyl (C=O) groups excluding carboxylic acids is 1. The highest BCUT2D eigenvalue weighted by Gasteiger charge is 2.04. The van der Waals surface area contributed by atoms with Gasteiger partial charge in [-0.05, 0) is 53.7 Å². The van der Waals surface area contributed by atoms with E-state index in [0.29, 0.717) is 18.0 Å². The second-order valence-corrected chi connectivity index (χ2v) is 5.88. The molecule has 1 amide bonds. The SMILES string of the molecule is COc1ccc(CNC(=S)NC(=O)/C=C/c2ccc(OC)c(OC)c2)cc1. The molecule has 142 valence electrons. The van der Waals surface area contributed by atoms with Gasteiger partial charge in [0.05, 0.1) is 21.3 Å². The average Bonchev–Trinajstić information content (AvgIpc) is 2.70. The zero-order valence-corrected chi connectivity index (χ0v) is 16.3. The van der Waals surface area contributed by atoms with Crippen molar-refractivity contribution < 1.29 is 19.0 Å². The fraction of sp³-hybridized carbons (Fsp3) is 0.200. The summed E-state index contributed by atoms with van der Waals surface area (Å²) in [5, 5.41) is 5.85. The van der Waals surface area contributed by atoms with Gasteiger partial charge in [-0.25, -0.2) is 0 Å². The molecule has 2 N–H and O–H groups in total. The standard InChI is InChI=1S/C20H22N2O4S/c1-24-16-8-4-15(5-9-16)13-21-20(27)22-19(23)11-7-14-6-10-17(25-2)18(12-14)26-3/h4-12H,13H2,1-3H3,(H2,21,22,23,27)/b11-7+. The molecule has 2 aromatic carbocycles. The largest absolute Gasteiger partial charge is 0.497 e. The Bertz CT molecular complexity index is 819. The molecule has 0 bridgehead atoms. The van der Waals surface area contributed by atoms with Crippen LogP contribution in [0.5, 0.6) is 17.2 Å². The number of carbonyl (C=O) groups is 1. The van der Waals surface area contributed by atoms with Crippen LogP contribution in [0.25, 0.3) is 6.08 Å². The molecule has 27 heavy (non-hydrogen) atoms. The highest BCUT2D eigenvalue weighted by atomic mass is 32.1.